The first kappa shape index (κ1) is 19.5. The Labute approximate surface area is 140 Å². The molecule has 0 bridgehead atoms. The standard InChI is InChI=1S/C20H30O3/c1-2-3-6-13-19(21)14-8-5-4-7-11-17-16-18(17)12-9-10-15-20(22)23/h8,14,17-18H,2-3,6-7,9-13,15-16H2,1H3,(H,22,23)/b14-8+/t17-,18-/m1/s1. The highest BCUT2D eigenvalue weighted by Crippen LogP contribution is 2.45. The first-order chi connectivity index (χ1) is 11.1. The summed E-state index contributed by atoms with van der Waals surface area (Å²) in [6, 6.07) is 0. The smallest absolute Gasteiger partial charge is 0.303 e. The van der Waals surface area contributed by atoms with Gasteiger partial charge in [-0.1, -0.05) is 44.4 Å². The summed E-state index contributed by atoms with van der Waals surface area (Å²) in [6.07, 6.45) is 13.7. The number of rotatable bonds is 12. The first-order valence-corrected chi connectivity index (χ1v) is 9.03. The lowest BCUT2D eigenvalue weighted by Crippen LogP contribution is -1.94. The van der Waals surface area contributed by atoms with Gasteiger partial charge in [-0.25, -0.2) is 0 Å². The van der Waals surface area contributed by atoms with Crippen LogP contribution < -0.4 is 0 Å². The van der Waals surface area contributed by atoms with Gasteiger partial charge in [-0.05, 0) is 49.7 Å². The van der Waals surface area contributed by atoms with Crippen molar-refractivity contribution < 1.29 is 14.7 Å². The van der Waals surface area contributed by atoms with E-state index in [0.29, 0.717) is 12.8 Å². The summed E-state index contributed by atoms with van der Waals surface area (Å²) in [5, 5.41) is 8.58. The molecule has 0 aliphatic heterocycles. The van der Waals surface area contributed by atoms with Crippen molar-refractivity contribution in [1.29, 1.82) is 0 Å². The second-order valence-electron chi connectivity index (χ2n) is 6.51. The number of ketones is 1. The van der Waals surface area contributed by atoms with Gasteiger partial charge >= 0.3 is 5.97 Å². The quantitative estimate of drug-likeness (QED) is 0.321. The van der Waals surface area contributed by atoms with Gasteiger partial charge in [0.1, 0.15) is 0 Å². The second-order valence-corrected chi connectivity index (χ2v) is 6.51. The summed E-state index contributed by atoms with van der Waals surface area (Å²) in [6.45, 7) is 2.13. The fraction of sp³-hybridized carbons (Fsp3) is 0.700. The maximum atomic E-state index is 11.5. The average molecular weight is 318 g/mol. The Morgan fingerprint density at radius 2 is 1.83 bits per heavy atom. The lowest BCUT2D eigenvalue weighted by Gasteiger charge is -1.98. The number of aliphatic carboxylic acids is 1. The van der Waals surface area contributed by atoms with Crippen molar-refractivity contribution in [2.24, 2.45) is 11.8 Å². The maximum Gasteiger partial charge on any atom is 0.303 e. The Kier molecular flexibility index (Phi) is 10.1. The van der Waals surface area contributed by atoms with E-state index in [0.717, 1.165) is 63.2 Å². The van der Waals surface area contributed by atoms with Gasteiger partial charge in [0.15, 0.2) is 5.78 Å². The lowest BCUT2D eigenvalue weighted by atomic mass is 10.1. The lowest BCUT2D eigenvalue weighted by molar-refractivity contribution is -0.137. The molecule has 1 aliphatic rings. The molecule has 0 spiro atoms. The number of carbonyl (C=O) groups excluding carboxylic acids is 1. The SMILES string of the molecule is CCCCCC(=O)/C=C/C#CCC[C@@H]1C[C@H]1CCCCC(=O)O. The molecule has 1 fully saturated rings. The third-order valence-electron chi connectivity index (χ3n) is 4.41. The third-order valence-corrected chi connectivity index (χ3v) is 4.41. The monoisotopic (exact) mass is 318 g/mol. The van der Waals surface area contributed by atoms with E-state index >= 15 is 0 Å². The van der Waals surface area contributed by atoms with Crippen LogP contribution in [-0.4, -0.2) is 16.9 Å². The minimum absolute atomic E-state index is 0.177. The molecule has 0 saturated heterocycles. The summed E-state index contributed by atoms with van der Waals surface area (Å²) < 4.78 is 0. The number of allylic oxidation sites excluding steroid dienone is 2. The summed E-state index contributed by atoms with van der Waals surface area (Å²) in [5.74, 6) is 7.13. The Hall–Kier alpha value is -1.56. The second kappa shape index (κ2) is 11.9. The first-order valence-electron chi connectivity index (χ1n) is 9.03. The summed E-state index contributed by atoms with van der Waals surface area (Å²) in [4.78, 5) is 21.9. The summed E-state index contributed by atoms with van der Waals surface area (Å²) >= 11 is 0. The van der Waals surface area contributed by atoms with E-state index in [2.05, 4.69) is 18.8 Å². The van der Waals surface area contributed by atoms with Crippen LogP contribution in [0.25, 0.3) is 0 Å². The topological polar surface area (TPSA) is 54.4 Å². The molecule has 3 heteroatoms. The van der Waals surface area contributed by atoms with Gasteiger partial charge in [0.2, 0.25) is 0 Å². The number of unbranched alkanes of at least 4 members (excludes halogenated alkanes) is 3. The van der Waals surface area contributed by atoms with Crippen molar-refractivity contribution in [3.8, 4) is 11.8 Å². The highest BCUT2D eigenvalue weighted by Gasteiger charge is 2.35. The van der Waals surface area contributed by atoms with Crippen molar-refractivity contribution in [1.82, 2.24) is 0 Å². The van der Waals surface area contributed by atoms with E-state index in [1.54, 1.807) is 12.2 Å². The van der Waals surface area contributed by atoms with Crippen molar-refractivity contribution in [2.45, 2.75) is 77.6 Å². The van der Waals surface area contributed by atoms with Crippen LogP contribution in [0, 0.1) is 23.7 Å². The van der Waals surface area contributed by atoms with E-state index in [1.807, 2.05) is 0 Å². The average Bonchev–Trinajstić information content (AvgIpc) is 3.26. The van der Waals surface area contributed by atoms with Crippen LogP contribution in [-0.2, 0) is 9.59 Å². The Morgan fingerprint density at radius 1 is 1.09 bits per heavy atom. The van der Waals surface area contributed by atoms with E-state index in [4.69, 9.17) is 5.11 Å². The van der Waals surface area contributed by atoms with Crippen LogP contribution in [0.5, 0.6) is 0 Å². The molecule has 128 valence electrons. The zero-order valence-electron chi connectivity index (χ0n) is 14.4. The van der Waals surface area contributed by atoms with Crippen LogP contribution in [0.15, 0.2) is 12.2 Å². The van der Waals surface area contributed by atoms with E-state index in [1.165, 1.54) is 6.42 Å². The number of carboxylic acids is 1. The van der Waals surface area contributed by atoms with Gasteiger partial charge in [-0.2, -0.15) is 0 Å². The van der Waals surface area contributed by atoms with Crippen molar-refractivity contribution >= 4 is 11.8 Å². The van der Waals surface area contributed by atoms with E-state index < -0.39 is 5.97 Å². The predicted octanol–water partition coefficient (Wildman–Crippen LogP) is 4.76. The van der Waals surface area contributed by atoms with Crippen molar-refractivity contribution in [2.75, 3.05) is 0 Å². The summed E-state index contributed by atoms with van der Waals surface area (Å²) in [5.41, 5.74) is 0. The Balaban J connectivity index is 1.99. The normalized spacial score (nSPS) is 19.3. The van der Waals surface area contributed by atoms with Gasteiger partial charge < -0.3 is 5.11 Å². The van der Waals surface area contributed by atoms with Crippen LogP contribution in [0.1, 0.15) is 77.6 Å². The molecular formula is C20H30O3. The molecule has 3 nitrogen and oxygen atoms in total. The largest absolute Gasteiger partial charge is 0.481 e. The highest BCUT2D eigenvalue weighted by molar-refractivity contribution is 5.89. The molecule has 0 radical (unpaired) electrons. The number of hydrogen-bond donors (Lipinski definition) is 1. The molecule has 0 aromatic heterocycles. The Morgan fingerprint density at radius 3 is 2.57 bits per heavy atom. The molecular weight excluding hydrogens is 288 g/mol. The molecule has 0 heterocycles. The van der Waals surface area contributed by atoms with Crippen molar-refractivity contribution in [3.63, 3.8) is 0 Å². The fourth-order valence-electron chi connectivity index (χ4n) is 2.86. The predicted molar refractivity (Wildman–Crippen MR) is 93.0 cm³/mol. The minimum atomic E-state index is -0.690. The molecule has 0 unspecified atom stereocenters. The number of carbonyl (C=O) groups is 2. The van der Waals surface area contributed by atoms with Gasteiger partial charge in [0.25, 0.3) is 0 Å². The zero-order valence-corrected chi connectivity index (χ0v) is 14.4. The van der Waals surface area contributed by atoms with E-state index in [-0.39, 0.29) is 5.78 Å². The zero-order chi connectivity index (χ0) is 16.9. The van der Waals surface area contributed by atoms with Crippen LogP contribution in [0.4, 0.5) is 0 Å². The van der Waals surface area contributed by atoms with Gasteiger partial charge in [0.05, 0.1) is 0 Å². The number of hydrogen-bond acceptors (Lipinski definition) is 2. The van der Waals surface area contributed by atoms with Crippen LogP contribution in [0.3, 0.4) is 0 Å². The van der Waals surface area contributed by atoms with Crippen LogP contribution >= 0.6 is 0 Å². The molecule has 1 aliphatic carbocycles. The maximum absolute atomic E-state index is 11.5. The third kappa shape index (κ3) is 10.7. The molecule has 23 heavy (non-hydrogen) atoms. The minimum Gasteiger partial charge on any atom is -0.481 e. The highest BCUT2D eigenvalue weighted by atomic mass is 16.4. The fourth-order valence-corrected chi connectivity index (χ4v) is 2.86. The molecule has 0 amide bonds. The van der Waals surface area contributed by atoms with Gasteiger partial charge in [-0.3, -0.25) is 9.59 Å². The molecule has 0 aromatic rings. The molecule has 2 atom stereocenters. The van der Waals surface area contributed by atoms with Crippen molar-refractivity contribution in [3.05, 3.63) is 12.2 Å². The van der Waals surface area contributed by atoms with Crippen LogP contribution in [0.2, 0.25) is 0 Å². The van der Waals surface area contributed by atoms with Gasteiger partial charge in [0, 0.05) is 19.3 Å². The molecule has 1 saturated carbocycles. The molecule has 1 N–H and O–H groups in total. The molecule has 0 aromatic carbocycles. The summed E-state index contributed by atoms with van der Waals surface area (Å²) in [7, 11) is 0. The van der Waals surface area contributed by atoms with Gasteiger partial charge in [-0.15, -0.1) is 0 Å². The number of carboxylic acid groups (broad SMARTS) is 1. The molecule has 1 rings (SSSR count). The Bertz CT molecular complexity index is 453. The van der Waals surface area contributed by atoms with E-state index in [9.17, 15) is 9.59 Å².